The molecule has 0 amide bonds. The molecule has 0 radical (unpaired) electrons. The molecule has 2 aliphatic heterocycles. The van der Waals surface area contributed by atoms with Gasteiger partial charge in [-0.2, -0.15) is 5.01 Å². The van der Waals surface area contributed by atoms with Crippen molar-refractivity contribution >= 4 is 6.16 Å². The van der Waals surface area contributed by atoms with E-state index < -0.39 is 6.16 Å². The van der Waals surface area contributed by atoms with Crippen LogP contribution in [0.5, 0.6) is 0 Å². The molecule has 8 heteroatoms. The van der Waals surface area contributed by atoms with Gasteiger partial charge in [0.05, 0.1) is 39.5 Å². The molecular weight excluding hydrogens is 230 g/mol. The largest absolute Gasteiger partial charge is 0.466 e. The Morgan fingerprint density at radius 1 is 1.06 bits per heavy atom. The molecule has 0 aromatic heterocycles. The summed E-state index contributed by atoms with van der Waals surface area (Å²) < 4.78 is 10.0. The van der Waals surface area contributed by atoms with Crippen LogP contribution in [0, 0.1) is 0 Å². The van der Waals surface area contributed by atoms with Gasteiger partial charge in [-0.15, -0.1) is 0 Å². The predicted octanol–water partition coefficient (Wildman–Crippen LogP) is -2.93. The molecule has 2 rings (SSSR count). The van der Waals surface area contributed by atoms with Gasteiger partial charge in [0.15, 0.2) is 0 Å². The molecule has 8 nitrogen and oxygen atoms in total. The van der Waals surface area contributed by atoms with Crippen LogP contribution in [-0.4, -0.2) is 68.8 Å². The van der Waals surface area contributed by atoms with Gasteiger partial charge in [0.1, 0.15) is 0 Å². The summed E-state index contributed by atoms with van der Waals surface area (Å²) in [7, 11) is 0. The van der Waals surface area contributed by atoms with E-state index in [-0.39, 0.29) is 0 Å². The van der Waals surface area contributed by atoms with E-state index in [2.05, 4.69) is 10.7 Å². The summed E-state index contributed by atoms with van der Waals surface area (Å²) in [6, 6.07) is 0. The molecule has 2 aliphatic rings. The van der Waals surface area contributed by atoms with E-state index in [0.717, 1.165) is 26.3 Å². The average Bonchev–Trinajstić information content (AvgIpc) is 2.31. The highest BCUT2D eigenvalue weighted by Gasteiger charge is 2.08. The molecule has 17 heavy (non-hydrogen) atoms. The number of morpholine rings is 2. The summed E-state index contributed by atoms with van der Waals surface area (Å²) in [6.45, 7) is 5.65. The fourth-order valence-corrected chi connectivity index (χ4v) is 1.34. The van der Waals surface area contributed by atoms with Crippen LogP contribution in [0.3, 0.4) is 0 Å². The normalized spacial score (nSPS) is 22.4. The van der Waals surface area contributed by atoms with Crippen molar-refractivity contribution in [3.05, 3.63) is 0 Å². The zero-order valence-electron chi connectivity index (χ0n) is 9.80. The minimum absolute atomic E-state index is 0.480. The minimum Gasteiger partial charge on any atom is -0.466 e. The smallest absolute Gasteiger partial charge is 0.268 e. The average molecular weight is 249 g/mol. The van der Waals surface area contributed by atoms with Gasteiger partial charge in [-0.3, -0.25) is 5.84 Å². The first-order chi connectivity index (χ1) is 8.18. The lowest BCUT2D eigenvalue weighted by Crippen LogP contribution is -2.70. The number of carbonyl (C=O) groups is 1. The van der Waals surface area contributed by atoms with Crippen LogP contribution in [0.15, 0.2) is 0 Å². The number of ether oxygens (including phenoxy) is 2. The molecule has 0 spiro atoms. The Balaban J connectivity index is 0.000000181. The number of carbonyl (C=O) groups excluding carboxylic acids is 1. The summed E-state index contributed by atoms with van der Waals surface area (Å²) in [5, 5.41) is 13.2. The quantitative estimate of drug-likeness (QED) is 0.530. The highest BCUT2D eigenvalue weighted by Crippen LogP contribution is 1.96. The summed E-state index contributed by atoms with van der Waals surface area (Å²) in [5.41, 5.74) is 0. The Labute approximate surface area is 99.7 Å². The topological polar surface area (TPSA) is 102 Å². The summed E-state index contributed by atoms with van der Waals surface area (Å²) >= 11 is 0. The van der Waals surface area contributed by atoms with Gasteiger partial charge in [-0.05, 0) is 0 Å². The number of hydrogen-bond donors (Lipinski definition) is 1. The van der Waals surface area contributed by atoms with E-state index in [1.54, 1.807) is 0 Å². The monoisotopic (exact) mass is 249 g/mol. The van der Waals surface area contributed by atoms with Crippen LogP contribution >= 0.6 is 0 Å². The molecule has 0 atom stereocenters. The Morgan fingerprint density at radius 3 is 1.88 bits per heavy atom. The fraction of sp³-hybridized carbons (Fsp3) is 0.889. The van der Waals surface area contributed by atoms with Crippen molar-refractivity contribution in [3.63, 3.8) is 0 Å². The predicted molar refractivity (Wildman–Crippen MR) is 54.2 cm³/mol. The molecule has 0 bridgehead atoms. The van der Waals surface area contributed by atoms with Crippen molar-refractivity contribution in [1.82, 2.24) is 10.1 Å². The molecule has 100 valence electrons. The van der Waals surface area contributed by atoms with Crippen LogP contribution < -0.4 is 10.9 Å². The lowest BCUT2D eigenvalue weighted by atomic mass is 10.5. The lowest BCUT2D eigenvalue weighted by molar-refractivity contribution is -0.580. The van der Waals surface area contributed by atoms with Crippen molar-refractivity contribution in [2.75, 3.05) is 52.6 Å². The van der Waals surface area contributed by atoms with E-state index >= 15 is 0 Å². The maximum atomic E-state index is 9.85. The third-order valence-corrected chi connectivity index (χ3v) is 2.28. The van der Waals surface area contributed by atoms with Gasteiger partial charge >= 0.3 is 0 Å². The second-order valence-corrected chi connectivity index (χ2v) is 3.61. The second kappa shape index (κ2) is 8.20. The SMILES string of the molecule is O=C([O-])ON1CCOCC1.[NH3+]N1CCOCC1. The molecule has 0 aromatic carbocycles. The zero-order chi connectivity index (χ0) is 12.5. The van der Waals surface area contributed by atoms with Crippen molar-refractivity contribution < 1.29 is 30.1 Å². The van der Waals surface area contributed by atoms with Crippen LogP contribution in [-0.2, 0) is 14.3 Å². The van der Waals surface area contributed by atoms with Crippen molar-refractivity contribution in [1.29, 1.82) is 0 Å². The van der Waals surface area contributed by atoms with Crippen LogP contribution in [0.1, 0.15) is 0 Å². The van der Waals surface area contributed by atoms with Gasteiger partial charge in [-0.1, -0.05) is 0 Å². The van der Waals surface area contributed by atoms with Crippen LogP contribution in [0.25, 0.3) is 0 Å². The maximum Gasteiger partial charge on any atom is 0.268 e. The molecule has 2 fully saturated rings. The third-order valence-electron chi connectivity index (χ3n) is 2.28. The van der Waals surface area contributed by atoms with E-state index in [4.69, 9.17) is 9.47 Å². The van der Waals surface area contributed by atoms with Gasteiger partial charge in [0, 0.05) is 13.1 Å². The molecule has 2 heterocycles. The zero-order valence-corrected chi connectivity index (χ0v) is 9.80. The first-order valence-electron chi connectivity index (χ1n) is 5.53. The molecule has 3 N–H and O–H groups in total. The van der Waals surface area contributed by atoms with Crippen molar-refractivity contribution in [2.24, 2.45) is 0 Å². The third kappa shape index (κ3) is 7.08. The van der Waals surface area contributed by atoms with Crippen molar-refractivity contribution in [3.8, 4) is 0 Å². The minimum atomic E-state index is -1.51. The molecule has 0 aromatic rings. The van der Waals surface area contributed by atoms with Gasteiger partial charge in [-0.25, -0.2) is 5.06 Å². The highest BCUT2D eigenvalue weighted by atomic mass is 16.8. The number of carboxylic acid groups (broad SMARTS) is 1. The Bertz CT molecular complexity index is 217. The molecule has 0 aliphatic carbocycles. The number of hydroxylamine groups is 2. The van der Waals surface area contributed by atoms with E-state index in [1.807, 2.05) is 5.01 Å². The van der Waals surface area contributed by atoms with Gasteiger partial charge in [0.25, 0.3) is 6.16 Å². The summed E-state index contributed by atoms with van der Waals surface area (Å²) in [5.74, 6) is 3.75. The molecule has 0 unspecified atom stereocenters. The molecule has 2 saturated heterocycles. The fourth-order valence-electron chi connectivity index (χ4n) is 1.34. The molecular formula is C9H19N3O5. The molecule has 0 saturated carbocycles. The lowest BCUT2D eigenvalue weighted by Gasteiger charge is -2.29. The number of hydrogen-bond acceptors (Lipinski definition) is 7. The van der Waals surface area contributed by atoms with Gasteiger partial charge < -0.3 is 24.2 Å². The standard InChI is InChI=1S/C5H9NO4.C4H10N2O/c7-5(8)10-6-1-3-9-4-2-6;5-6-1-3-7-4-2-6/h1-4H2,(H,7,8);1-5H2. The number of quaternary nitrogens is 1. The van der Waals surface area contributed by atoms with E-state index in [9.17, 15) is 9.90 Å². The first kappa shape index (κ1) is 14.1. The summed E-state index contributed by atoms with van der Waals surface area (Å²) in [6.07, 6.45) is -1.51. The van der Waals surface area contributed by atoms with Gasteiger partial charge in [0.2, 0.25) is 0 Å². The second-order valence-electron chi connectivity index (χ2n) is 3.61. The van der Waals surface area contributed by atoms with Crippen molar-refractivity contribution in [2.45, 2.75) is 0 Å². The number of rotatable bonds is 1. The van der Waals surface area contributed by atoms with Crippen LogP contribution in [0.2, 0.25) is 0 Å². The summed E-state index contributed by atoms with van der Waals surface area (Å²) in [4.78, 5) is 14.1. The van der Waals surface area contributed by atoms with E-state index in [1.165, 1.54) is 5.06 Å². The highest BCUT2D eigenvalue weighted by molar-refractivity contribution is 5.53. The maximum absolute atomic E-state index is 9.85. The Kier molecular flexibility index (Phi) is 6.82. The van der Waals surface area contributed by atoms with E-state index in [0.29, 0.717) is 26.3 Å². The Hall–Kier alpha value is -0.930. The number of nitrogens with zero attached hydrogens (tertiary/aromatic N) is 2. The first-order valence-corrected chi connectivity index (χ1v) is 5.53. The Morgan fingerprint density at radius 2 is 1.53 bits per heavy atom. The van der Waals surface area contributed by atoms with Crippen LogP contribution in [0.4, 0.5) is 4.79 Å².